The van der Waals surface area contributed by atoms with Gasteiger partial charge in [-0.3, -0.25) is 0 Å². The molecule has 0 amide bonds. The Balaban J connectivity index is 1.71. The normalized spacial score (nSPS) is 11.7. The quantitative estimate of drug-likeness (QED) is 0.457. The second-order valence-electron chi connectivity index (χ2n) is 4.49. The van der Waals surface area contributed by atoms with Crippen molar-refractivity contribution in [3.63, 3.8) is 0 Å². The van der Waals surface area contributed by atoms with Crippen molar-refractivity contribution in [2.45, 2.75) is 17.1 Å². The van der Waals surface area contributed by atoms with Crippen LogP contribution in [0, 0.1) is 0 Å². The SMILES string of the molecule is FC(F)(F)c1ccnc(SCc2nnc(-c3ccccc3Br)o2)n1. The highest BCUT2D eigenvalue weighted by Gasteiger charge is 2.32. The standard InChI is InChI=1S/C14H8BrF3N4OS/c15-9-4-2-1-3-8(9)12-22-21-11(23-12)7-24-13-19-6-5-10(20-13)14(16,17)18/h1-6H,7H2. The first kappa shape index (κ1) is 16.9. The van der Waals surface area contributed by atoms with Gasteiger partial charge >= 0.3 is 6.18 Å². The summed E-state index contributed by atoms with van der Waals surface area (Å²) in [5.41, 5.74) is -0.254. The fourth-order valence-corrected chi connectivity index (χ4v) is 2.87. The van der Waals surface area contributed by atoms with Gasteiger partial charge in [0.15, 0.2) is 5.16 Å². The number of nitrogens with zero attached hydrogens (tertiary/aromatic N) is 4. The maximum absolute atomic E-state index is 12.6. The van der Waals surface area contributed by atoms with Gasteiger partial charge in [0.25, 0.3) is 0 Å². The van der Waals surface area contributed by atoms with Crippen LogP contribution in [0.25, 0.3) is 11.5 Å². The molecule has 2 aromatic heterocycles. The van der Waals surface area contributed by atoms with Crippen molar-refractivity contribution in [3.05, 3.63) is 52.6 Å². The molecule has 3 aromatic rings. The van der Waals surface area contributed by atoms with E-state index in [0.29, 0.717) is 5.89 Å². The molecule has 0 aliphatic heterocycles. The smallest absolute Gasteiger partial charge is 0.420 e. The summed E-state index contributed by atoms with van der Waals surface area (Å²) < 4.78 is 44.2. The van der Waals surface area contributed by atoms with Crippen LogP contribution in [0.3, 0.4) is 0 Å². The molecule has 0 spiro atoms. The maximum Gasteiger partial charge on any atom is 0.433 e. The topological polar surface area (TPSA) is 64.7 Å². The predicted octanol–water partition coefficient (Wildman–Crippen LogP) is 4.60. The highest BCUT2D eigenvalue weighted by molar-refractivity contribution is 9.10. The van der Waals surface area contributed by atoms with Crippen molar-refractivity contribution in [3.8, 4) is 11.5 Å². The summed E-state index contributed by atoms with van der Waals surface area (Å²) in [6.07, 6.45) is -3.44. The Morgan fingerprint density at radius 3 is 2.67 bits per heavy atom. The third-order valence-corrected chi connectivity index (χ3v) is 4.36. The lowest BCUT2D eigenvalue weighted by atomic mass is 10.2. The van der Waals surface area contributed by atoms with E-state index in [1.165, 1.54) is 0 Å². The lowest BCUT2D eigenvalue weighted by Gasteiger charge is -2.05. The van der Waals surface area contributed by atoms with E-state index < -0.39 is 11.9 Å². The molecule has 24 heavy (non-hydrogen) atoms. The summed E-state index contributed by atoms with van der Waals surface area (Å²) in [5, 5.41) is 7.81. The number of hydrogen-bond donors (Lipinski definition) is 0. The van der Waals surface area contributed by atoms with E-state index in [1.54, 1.807) is 0 Å². The van der Waals surface area contributed by atoms with E-state index in [9.17, 15) is 13.2 Å². The first-order valence-corrected chi connectivity index (χ1v) is 8.31. The Kier molecular flexibility index (Phi) is 4.86. The van der Waals surface area contributed by atoms with E-state index in [0.717, 1.165) is 34.1 Å². The van der Waals surface area contributed by atoms with E-state index in [4.69, 9.17) is 4.42 Å². The van der Waals surface area contributed by atoms with Gasteiger partial charge < -0.3 is 4.42 Å². The number of hydrogen-bond acceptors (Lipinski definition) is 6. The van der Waals surface area contributed by atoms with Crippen LogP contribution in [0.2, 0.25) is 0 Å². The van der Waals surface area contributed by atoms with Crippen LogP contribution in [-0.2, 0) is 11.9 Å². The monoisotopic (exact) mass is 416 g/mol. The van der Waals surface area contributed by atoms with Crippen molar-refractivity contribution in [1.82, 2.24) is 20.2 Å². The Hall–Kier alpha value is -1.94. The average molecular weight is 417 g/mol. The van der Waals surface area contributed by atoms with Gasteiger partial charge in [0.05, 0.1) is 11.3 Å². The number of thioether (sulfide) groups is 1. The third-order valence-electron chi connectivity index (χ3n) is 2.82. The molecule has 0 aliphatic rings. The molecule has 3 rings (SSSR count). The van der Waals surface area contributed by atoms with Crippen molar-refractivity contribution < 1.29 is 17.6 Å². The molecule has 1 aromatic carbocycles. The van der Waals surface area contributed by atoms with Crippen LogP contribution in [0.5, 0.6) is 0 Å². The molecule has 0 aliphatic carbocycles. The number of aromatic nitrogens is 4. The minimum Gasteiger partial charge on any atom is -0.420 e. The number of halogens is 4. The van der Waals surface area contributed by atoms with Crippen LogP contribution in [0.1, 0.15) is 11.6 Å². The molecule has 5 nitrogen and oxygen atoms in total. The largest absolute Gasteiger partial charge is 0.433 e. The number of alkyl halides is 3. The summed E-state index contributed by atoms with van der Waals surface area (Å²) in [5.74, 6) is 0.758. The summed E-state index contributed by atoms with van der Waals surface area (Å²) in [7, 11) is 0. The van der Waals surface area contributed by atoms with Crippen molar-refractivity contribution in [2.75, 3.05) is 0 Å². The minimum atomic E-state index is -4.50. The van der Waals surface area contributed by atoms with Gasteiger partial charge in [0, 0.05) is 10.7 Å². The Morgan fingerprint density at radius 1 is 1.12 bits per heavy atom. The summed E-state index contributed by atoms with van der Waals surface area (Å²) in [4.78, 5) is 7.27. The molecule has 0 bridgehead atoms. The van der Waals surface area contributed by atoms with Gasteiger partial charge in [-0.15, -0.1) is 10.2 Å². The van der Waals surface area contributed by atoms with Crippen LogP contribution >= 0.6 is 27.7 Å². The molecule has 0 fully saturated rings. The highest BCUT2D eigenvalue weighted by Crippen LogP contribution is 2.30. The van der Waals surface area contributed by atoms with Crippen LogP contribution in [0.4, 0.5) is 13.2 Å². The molecule has 2 heterocycles. The lowest BCUT2D eigenvalue weighted by molar-refractivity contribution is -0.141. The zero-order chi connectivity index (χ0) is 17.2. The average Bonchev–Trinajstić information content (AvgIpc) is 3.02. The van der Waals surface area contributed by atoms with Crippen molar-refractivity contribution in [1.29, 1.82) is 0 Å². The second-order valence-corrected chi connectivity index (χ2v) is 6.29. The van der Waals surface area contributed by atoms with Crippen LogP contribution in [-0.4, -0.2) is 20.2 Å². The van der Waals surface area contributed by atoms with E-state index in [2.05, 4.69) is 36.1 Å². The van der Waals surface area contributed by atoms with Gasteiger partial charge in [0.2, 0.25) is 11.8 Å². The summed E-state index contributed by atoms with van der Waals surface area (Å²) in [6.45, 7) is 0. The molecule has 10 heteroatoms. The Bertz CT molecular complexity index is 856. The Morgan fingerprint density at radius 2 is 1.92 bits per heavy atom. The van der Waals surface area contributed by atoms with Crippen molar-refractivity contribution in [2.24, 2.45) is 0 Å². The number of rotatable bonds is 4. The molecule has 0 unspecified atom stereocenters. The minimum absolute atomic E-state index is 0.00883. The molecule has 0 atom stereocenters. The first-order valence-electron chi connectivity index (χ1n) is 6.54. The zero-order valence-corrected chi connectivity index (χ0v) is 14.2. The van der Waals surface area contributed by atoms with Gasteiger partial charge in [-0.25, -0.2) is 9.97 Å². The fraction of sp³-hybridized carbons (Fsp3) is 0.143. The lowest BCUT2D eigenvalue weighted by Crippen LogP contribution is -2.08. The van der Waals surface area contributed by atoms with Gasteiger partial charge in [0.1, 0.15) is 5.69 Å². The summed E-state index contributed by atoms with van der Waals surface area (Å²) >= 11 is 4.37. The summed E-state index contributed by atoms with van der Waals surface area (Å²) in [6, 6.07) is 8.15. The van der Waals surface area contributed by atoms with E-state index in [1.807, 2.05) is 24.3 Å². The first-order chi connectivity index (χ1) is 11.4. The zero-order valence-electron chi connectivity index (χ0n) is 11.8. The predicted molar refractivity (Wildman–Crippen MR) is 84.0 cm³/mol. The van der Waals surface area contributed by atoms with Crippen molar-refractivity contribution >= 4 is 27.7 Å². The van der Waals surface area contributed by atoms with Gasteiger partial charge in [-0.05, 0) is 34.1 Å². The molecule has 0 N–H and O–H groups in total. The third kappa shape index (κ3) is 3.93. The second kappa shape index (κ2) is 6.89. The van der Waals surface area contributed by atoms with Crippen LogP contribution < -0.4 is 0 Å². The molecule has 0 saturated carbocycles. The Labute approximate surface area is 146 Å². The van der Waals surface area contributed by atoms with Gasteiger partial charge in [-0.2, -0.15) is 13.2 Å². The molecular weight excluding hydrogens is 409 g/mol. The fourth-order valence-electron chi connectivity index (χ4n) is 1.75. The molecule has 124 valence electrons. The van der Waals surface area contributed by atoms with E-state index >= 15 is 0 Å². The van der Waals surface area contributed by atoms with E-state index in [-0.39, 0.29) is 16.8 Å². The molecular formula is C14H8BrF3N4OS. The van der Waals surface area contributed by atoms with Crippen LogP contribution in [0.15, 0.2) is 50.6 Å². The molecule has 0 saturated heterocycles. The maximum atomic E-state index is 12.6. The van der Waals surface area contributed by atoms with Gasteiger partial charge in [-0.1, -0.05) is 23.9 Å². The highest BCUT2D eigenvalue weighted by atomic mass is 79.9. The number of benzene rings is 1. The molecule has 0 radical (unpaired) electrons.